The summed E-state index contributed by atoms with van der Waals surface area (Å²) in [7, 11) is 0. The summed E-state index contributed by atoms with van der Waals surface area (Å²) in [5.41, 5.74) is 1.83. The van der Waals surface area contributed by atoms with Gasteiger partial charge in [0.15, 0.2) is 0 Å². The number of hydrogen-bond donors (Lipinski definition) is 3. The zero-order valence-electron chi connectivity index (χ0n) is 16.8. The van der Waals surface area contributed by atoms with Crippen LogP contribution in [0.25, 0.3) is 0 Å². The average molecular weight is 393 g/mol. The van der Waals surface area contributed by atoms with E-state index >= 15 is 0 Å². The Labute approximate surface area is 171 Å². The molecule has 6 heteroatoms. The summed E-state index contributed by atoms with van der Waals surface area (Å²) < 4.78 is 0. The third-order valence-corrected chi connectivity index (χ3v) is 5.19. The van der Waals surface area contributed by atoms with E-state index in [4.69, 9.17) is 0 Å². The summed E-state index contributed by atoms with van der Waals surface area (Å²) in [5.74, 6) is -0.386. The van der Waals surface area contributed by atoms with Gasteiger partial charge >= 0.3 is 0 Å². The van der Waals surface area contributed by atoms with Crippen LogP contribution in [0.1, 0.15) is 43.5 Å². The van der Waals surface area contributed by atoms with Crippen molar-refractivity contribution in [3.8, 4) is 0 Å². The van der Waals surface area contributed by atoms with Crippen molar-refractivity contribution in [2.24, 2.45) is 11.8 Å². The maximum Gasteiger partial charge on any atom is 0.251 e. The second kappa shape index (κ2) is 9.37. The number of nitrogens with one attached hydrogen (secondary N) is 3. The molecule has 2 atom stereocenters. The van der Waals surface area contributed by atoms with Gasteiger partial charge in [-0.15, -0.1) is 0 Å². The van der Waals surface area contributed by atoms with E-state index in [9.17, 15) is 14.4 Å². The molecule has 3 rings (SSSR count). The van der Waals surface area contributed by atoms with Gasteiger partial charge in [-0.3, -0.25) is 14.4 Å². The van der Waals surface area contributed by atoms with Gasteiger partial charge in [0.2, 0.25) is 11.8 Å². The Morgan fingerprint density at radius 1 is 0.931 bits per heavy atom. The Morgan fingerprint density at radius 2 is 1.52 bits per heavy atom. The van der Waals surface area contributed by atoms with Crippen molar-refractivity contribution in [1.82, 2.24) is 5.32 Å². The molecule has 2 aromatic rings. The highest BCUT2D eigenvalue weighted by atomic mass is 16.2. The molecule has 6 nitrogen and oxygen atoms in total. The van der Waals surface area contributed by atoms with Crippen LogP contribution in [0, 0.1) is 11.8 Å². The minimum atomic E-state index is -0.651. The zero-order valence-corrected chi connectivity index (χ0v) is 16.8. The molecule has 29 heavy (non-hydrogen) atoms. The lowest BCUT2D eigenvalue weighted by Crippen LogP contribution is -2.47. The fourth-order valence-corrected chi connectivity index (χ4v) is 2.96. The molecule has 0 spiro atoms. The predicted molar refractivity (Wildman–Crippen MR) is 114 cm³/mol. The van der Waals surface area contributed by atoms with Crippen LogP contribution in [0.5, 0.6) is 0 Å². The Bertz CT molecular complexity index is 861. The Balaban J connectivity index is 1.63. The summed E-state index contributed by atoms with van der Waals surface area (Å²) in [6.07, 6.45) is 2.65. The van der Waals surface area contributed by atoms with Crippen LogP contribution >= 0.6 is 0 Å². The first-order chi connectivity index (χ1) is 14.0. The van der Waals surface area contributed by atoms with Crippen LogP contribution in [0.4, 0.5) is 11.4 Å². The number of benzene rings is 2. The molecule has 1 aliphatic rings. The molecule has 1 saturated carbocycles. The molecule has 0 heterocycles. The number of carbonyl (C=O) groups excluding carboxylic acids is 3. The van der Waals surface area contributed by atoms with Crippen LogP contribution in [0.15, 0.2) is 54.6 Å². The van der Waals surface area contributed by atoms with Gasteiger partial charge in [-0.2, -0.15) is 0 Å². The van der Waals surface area contributed by atoms with Crippen molar-refractivity contribution >= 4 is 29.1 Å². The topological polar surface area (TPSA) is 87.3 Å². The van der Waals surface area contributed by atoms with Gasteiger partial charge in [0, 0.05) is 22.9 Å². The van der Waals surface area contributed by atoms with E-state index in [2.05, 4.69) is 16.0 Å². The van der Waals surface area contributed by atoms with Gasteiger partial charge in [0.1, 0.15) is 6.04 Å². The molecule has 3 N–H and O–H groups in total. The largest absolute Gasteiger partial charge is 0.340 e. The van der Waals surface area contributed by atoms with E-state index in [0.717, 1.165) is 19.3 Å². The van der Waals surface area contributed by atoms with E-state index in [0.29, 0.717) is 16.9 Å². The third-order valence-electron chi connectivity index (χ3n) is 5.19. The van der Waals surface area contributed by atoms with Crippen LogP contribution in [-0.4, -0.2) is 23.8 Å². The molecule has 3 amide bonds. The fraction of sp³-hybridized carbons (Fsp3) is 0.348. The summed E-state index contributed by atoms with van der Waals surface area (Å²) >= 11 is 0. The monoisotopic (exact) mass is 393 g/mol. The second-order valence-corrected chi connectivity index (χ2v) is 7.53. The Morgan fingerprint density at radius 3 is 2.07 bits per heavy atom. The molecular formula is C23H27N3O3. The number of carbonyl (C=O) groups is 3. The summed E-state index contributed by atoms with van der Waals surface area (Å²) in [5, 5.41) is 8.59. The summed E-state index contributed by atoms with van der Waals surface area (Å²) in [6.45, 7) is 3.92. The van der Waals surface area contributed by atoms with Crippen molar-refractivity contribution in [3.05, 3.63) is 60.2 Å². The SMILES string of the molecule is CC[C@@H](C)[C@H](NC(=O)c1ccccc1)C(=O)Nc1ccc(NC(=O)C2CC2)cc1. The van der Waals surface area contributed by atoms with Crippen molar-refractivity contribution in [2.75, 3.05) is 10.6 Å². The van der Waals surface area contributed by atoms with Crippen molar-refractivity contribution in [1.29, 1.82) is 0 Å². The third kappa shape index (κ3) is 5.67. The van der Waals surface area contributed by atoms with Crippen LogP contribution < -0.4 is 16.0 Å². The molecule has 0 unspecified atom stereocenters. The molecule has 1 aliphatic carbocycles. The van der Waals surface area contributed by atoms with Crippen LogP contribution in [0.3, 0.4) is 0 Å². The molecule has 152 valence electrons. The summed E-state index contributed by atoms with van der Waals surface area (Å²) in [4.78, 5) is 37.2. The number of rotatable bonds is 8. The van der Waals surface area contributed by atoms with Crippen molar-refractivity contribution in [2.45, 2.75) is 39.2 Å². The van der Waals surface area contributed by atoms with E-state index in [-0.39, 0.29) is 29.6 Å². The first-order valence-corrected chi connectivity index (χ1v) is 10.1. The predicted octanol–water partition coefficient (Wildman–Crippen LogP) is 3.82. The van der Waals surface area contributed by atoms with Gasteiger partial charge in [-0.25, -0.2) is 0 Å². The summed E-state index contributed by atoms with van der Waals surface area (Å²) in [6, 6.07) is 15.2. The maximum atomic E-state index is 12.8. The maximum absolute atomic E-state index is 12.8. The highest BCUT2D eigenvalue weighted by Crippen LogP contribution is 2.30. The highest BCUT2D eigenvalue weighted by Gasteiger charge is 2.29. The highest BCUT2D eigenvalue weighted by molar-refractivity contribution is 6.01. The standard InChI is InChI=1S/C23H27N3O3/c1-3-15(2)20(26-22(28)16-7-5-4-6-8-16)23(29)25-19-13-11-18(12-14-19)24-21(27)17-9-10-17/h4-8,11-15,17,20H,3,9-10H2,1-2H3,(H,24,27)(H,25,29)(H,26,28)/t15-,20+/m1/s1. The smallest absolute Gasteiger partial charge is 0.251 e. The van der Waals surface area contributed by atoms with Gasteiger partial charge in [0.25, 0.3) is 5.91 Å². The lowest BCUT2D eigenvalue weighted by Gasteiger charge is -2.23. The number of amides is 3. The van der Waals surface area contributed by atoms with Crippen molar-refractivity contribution < 1.29 is 14.4 Å². The van der Waals surface area contributed by atoms with Gasteiger partial charge in [-0.05, 0) is 55.2 Å². The number of anilines is 2. The molecule has 1 fully saturated rings. The molecular weight excluding hydrogens is 366 g/mol. The minimum absolute atomic E-state index is 0.0280. The van der Waals surface area contributed by atoms with E-state index in [1.807, 2.05) is 19.9 Å². The molecule has 0 bridgehead atoms. The van der Waals surface area contributed by atoms with Gasteiger partial charge in [0.05, 0.1) is 0 Å². The fourth-order valence-electron chi connectivity index (χ4n) is 2.96. The van der Waals surface area contributed by atoms with Crippen molar-refractivity contribution in [3.63, 3.8) is 0 Å². The normalized spacial score (nSPS) is 15.1. The van der Waals surface area contributed by atoms with Gasteiger partial charge in [-0.1, -0.05) is 38.5 Å². The molecule has 0 aromatic heterocycles. The number of hydrogen-bond acceptors (Lipinski definition) is 3. The first kappa shape index (κ1) is 20.6. The Hall–Kier alpha value is -3.15. The van der Waals surface area contributed by atoms with E-state index in [1.54, 1.807) is 48.5 Å². The molecule has 0 aliphatic heterocycles. The van der Waals surface area contributed by atoms with Crippen LogP contribution in [0.2, 0.25) is 0 Å². The van der Waals surface area contributed by atoms with Crippen LogP contribution in [-0.2, 0) is 9.59 Å². The minimum Gasteiger partial charge on any atom is -0.340 e. The molecule has 0 saturated heterocycles. The lowest BCUT2D eigenvalue weighted by atomic mass is 9.97. The lowest BCUT2D eigenvalue weighted by molar-refractivity contribution is -0.119. The Kier molecular flexibility index (Phi) is 6.65. The molecule has 0 radical (unpaired) electrons. The zero-order chi connectivity index (χ0) is 20.8. The van der Waals surface area contributed by atoms with E-state index in [1.165, 1.54) is 0 Å². The average Bonchev–Trinajstić information content (AvgIpc) is 3.58. The molecule has 2 aromatic carbocycles. The first-order valence-electron chi connectivity index (χ1n) is 10.1. The van der Waals surface area contributed by atoms with Gasteiger partial charge < -0.3 is 16.0 Å². The quantitative estimate of drug-likeness (QED) is 0.637. The second-order valence-electron chi connectivity index (χ2n) is 7.53. The van der Waals surface area contributed by atoms with E-state index < -0.39 is 6.04 Å².